The highest BCUT2D eigenvalue weighted by Gasteiger charge is 2.38. The molecule has 0 fully saturated rings. The van der Waals surface area contributed by atoms with Crippen LogP contribution in [0.15, 0.2) is 180 Å². The van der Waals surface area contributed by atoms with E-state index in [1.165, 1.54) is 72.1 Å². The molecule has 0 saturated heterocycles. The Kier molecular flexibility index (Phi) is 6.98. The number of hydrogen-bond acceptors (Lipinski definition) is 2. The van der Waals surface area contributed by atoms with E-state index < -0.39 is 0 Å². The number of rotatable bonds is 5. The molecular formula is C54H41NO. The molecule has 2 nitrogen and oxygen atoms in total. The summed E-state index contributed by atoms with van der Waals surface area (Å²) in [6.45, 7) is 9.40. The van der Waals surface area contributed by atoms with Gasteiger partial charge < -0.3 is 9.32 Å². The predicted molar refractivity (Wildman–Crippen MR) is 234 cm³/mol. The Morgan fingerprint density at radius 1 is 0.375 bits per heavy atom. The lowest BCUT2D eigenvalue weighted by Crippen LogP contribution is -2.15. The standard InChI is InChI=1S/C54H41NO/c1-53(2)46-29-27-40(33-44(46)51-47(53)30-31-50-52(51)43-15-9-11-17-49(43)56-50)55(38-23-18-35(19-24-38)34-12-6-5-7-13-34)39-25-20-36(21-26-39)37-22-28-42-41-14-8-10-16-45(41)54(3,4)48(42)32-37/h5-33H,1-4H3. The highest BCUT2D eigenvalue weighted by molar-refractivity contribution is 6.15. The molecular weight excluding hydrogens is 679 g/mol. The topological polar surface area (TPSA) is 16.4 Å². The molecule has 0 amide bonds. The van der Waals surface area contributed by atoms with Crippen LogP contribution in [0, 0.1) is 0 Å². The minimum absolute atomic E-state index is 0.0420. The minimum atomic E-state index is -0.147. The first-order valence-corrected chi connectivity index (χ1v) is 19.7. The minimum Gasteiger partial charge on any atom is -0.456 e. The van der Waals surface area contributed by atoms with E-state index in [0.29, 0.717) is 0 Å². The third-order valence-electron chi connectivity index (χ3n) is 12.7. The van der Waals surface area contributed by atoms with Gasteiger partial charge in [-0.15, -0.1) is 0 Å². The Labute approximate surface area is 328 Å². The van der Waals surface area contributed by atoms with E-state index in [2.05, 4.69) is 209 Å². The summed E-state index contributed by atoms with van der Waals surface area (Å²) in [5, 5.41) is 2.36. The molecule has 0 unspecified atom stereocenters. The van der Waals surface area contributed by atoms with Gasteiger partial charge in [-0.25, -0.2) is 0 Å². The maximum atomic E-state index is 6.41. The van der Waals surface area contributed by atoms with Crippen LogP contribution >= 0.6 is 0 Å². The zero-order valence-corrected chi connectivity index (χ0v) is 32.1. The van der Waals surface area contributed by atoms with Crippen molar-refractivity contribution in [1.29, 1.82) is 0 Å². The van der Waals surface area contributed by atoms with Gasteiger partial charge in [-0.2, -0.15) is 0 Å². The van der Waals surface area contributed by atoms with Gasteiger partial charge in [0.2, 0.25) is 0 Å². The summed E-state index contributed by atoms with van der Waals surface area (Å²) in [6, 6.07) is 64.5. The van der Waals surface area contributed by atoms with Crippen molar-refractivity contribution in [3.63, 3.8) is 0 Å². The van der Waals surface area contributed by atoms with Crippen LogP contribution in [0.1, 0.15) is 49.9 Å². The van der Waals surface area contributed by atoms with Crippen molar-refractivity contribution >= 4 is 39.0 Å². The Bertz CT molecular complexity index is 3000. The molecule has 1 aromatic heterocycles. The van der Waals surface area contributed by atoms with Crippen molar-refractivity contribution in [1.82, 2.24) is 0 Å². The number of fused-ring (bicyclic) bond motifs is 10. The van der Waals surface area contributed by atoms with Gasteiger partial charge in [0, 0.05) is 38.7 Å². The van der Waals surface area contributed by atoms with Gasteiger partial charge in [0.15, 0.2) is 0 Å². The van der Waals surface area contributed by atoms with Gasteiger partial charge in [-0.05, 0) is 121 Å². The monoisotopic (exact) mass is 719 g/mol. The van der Waals surface area contributed by atoms with E-state index in [9.17, 15) is 0 Å². The maximum Gasteiger partial charge on any atom is 0.136 e. The van der Waals surface area contributed by atoms with Crippen molar-refractivity contribution in [3.05, 3.63) is 198 Å². The third-order valence-corrected chi connectivity index (χ3v) is 12.7. The highest BCUT2D eigenvalue weighted by Crippen LogP contribution is 2.55. The summed E-state index contributed by atoms with van der Waals surface area (Å²) in [7, 11) is 0. The van der Waals surface area contributed by atoms with Gasteiger partial charge >= 0.3 is 0 Å². The number of hydrogen-bond donors (Lipinski definition) is 0. The largest absolute Gasteiger partial charge is 0.456 e. The lowest BCUT2D eigenvalue weighted by atomic mass is 9.81. The first kappa shape index (κ1) is 32.8. The average molecular weight is 720 g/mol. The summed E-state index contributed by atoms with van der Waals surface area (Å²) in [6.07, 6.45) is 0. The second-order valence-corrected chi connectivity index (χ2v) is 16.5. The fraction of sp³-hybridized carbons (Fsp3) is 0.111. The fourth-order valence-electron chi connectivity index (χ4n) is 9.75. The summed E-state index contributed by atoms with van der Waals surface area (Å²) in [4.78, 5) is 2.40. The molecule has 9 aromatic rings. The van der Waals surface area contributed by atoms with Crippen molar-refractivity contribution in [2.45, 2.75) is 38.5 Å². The maximum absolute atomic E-state index is 6.41. The Morgan fingerprint density at radius 3 is 1.70 bits per heavy atom. The summed E-state index contributed by atoms with van der Waals surface area (Å²) in [5.74, 6) is 0. The molecule has 2 heteroatoms. The molecule has 56 heavy (non-hydrogen) atoms. The SMILES string of the molecule is CC1(C)c2ccccc2-c2ccc(-c3ccc(N(c4ccc(-c5ccccc5)cc4)c4ccc5c(c4)-c4c(ccc6oc7ccccc7c46)C5(C)C)cc3)cc21. The molecule has 0 radical (unpaired) electrons. The van der Waals surface area contributed by atoms with E-state index in [0.717, 1.165) is 33.6 Å². The summed E-state index contributed by atoms with van der Waals surface area (Å²) in [5.41, 5.74) is 20.6. The molecule has 2 aliphatic carbocycles. The average Bonchev–Trinajstić information content (AvgIpc) is 3.81. The van der Waals surface area contributed by atoms with E-state index in [-0.39, 0.29) is 10.8 Å². The Balaban J connectivity index is 1.05. The number of furan rings is 1. The van der Waals surface area contributed by atoms with Crippen molar-refractivity contribution in [3.8, 4) is 44.5 Å². The zero-order chi connectivity index (χ0) is 37.8. The van der Waals surface area contributed by atoms with Crippen LogP contribution in [0.3, 0.4) is 0 Å². The Hall–Kier alpha value is -6.64. The van der Waals surface area contributed by atoms with E-state index in [1.54, 1.807) is 0 Å². The third kappa shape index (κ3) is 4.75. The molecule has 0 saturated carbocycles. The molecule has 8 aromatic carbocycles. The van der Waals surface area contributed by atoms with E-state index in [1.807, 2.05) is 0 Å². The first-order valence-electron chi connectivity index (χ1n) is 19.7. The van der Waals surface area contributed by atoms with Gasteiger partial charge in [-0.1, -0.05) is 149 Å². The van der Waals surface area contributed by atoms with Crippen LogP contribution < -0.4 is 4.90 Å². The quantitative estimate of drug-likeness (QED) is 0.176. The van der Waals surface area contributed by atoms with E-state index >= 15 is 0 Å². The molecule has 268 valence electrons. The smallest absolute Gasteiger partial charge is 0.136 e. The van der Waals surface area contributed by atoms with Crippen LogP contribution in [0.2, 0.25) is 0 Å². The second kappa shape index (κ2) is 11.9. The molecule has 0 bridgehead atoms. The van der Waals surface area contributed by atoms with Gasteiger partial charge in [-0.3, -0.25) is 0 Å². The number of nitrogens with zero attached hydrogens (tertiary/aromatic N) is 1. The van der Waals surface area contributed by atoms with E-state index in [4.69, 9.17) is 4.42 Å². The van der Waals surface area contributed by atoms with Crippen LogP contribution in [0.25, 0.3) is 66.4 Å². The molecule has 2 aliphatic rings. The van der Waals surface area contributed by atoms with Crippen molar-refractivity contribution < 1.29 is 4.42 Å². The number of benzene rings is 8. The normalized spacial score (nSPS) is 14.4. The molecule has 0 N–H and O–H groups in total. The number of para-hydroxylation sites is 1. The lowest BCUT2D eigenvalue weighted by molar-refractivity contribution is 0.656. The molecule has 0 spiro atoms. The lowest BCUT2D eigenvalue weighted by Gasteiger charge is -2.27. The van der Waals surface area contributed by atoms with Crippen LogP contribution in [0.5, 0.6) is 0 Å². The molecule has 11 rings (SSSR count). The van der Waals surface area contributed by atoms with Crippen LogP contribution in [0.4, 0.5) is 17.1 Å². The molecule has 0 atom stereocenters. The van der Waals surface area contributed by atoms with Crippen LogP contribution in [-0.4, -0.2) is 0 Å². The van der Waals surface area contributed by atoms with Crippen LogP contribution in [-0.2, 0) is 10.8 Å². The first-order chi connectivity index (χ1) is 27.3. The summed E-state index contributed by atoms with van der Waals surface area (Å²) < 4.78 is 6.41. The van der Waals surface area contributed by atoms with Gasteiger partial charge in [0.25, 0.3) is 0 Å². The van der Waals surface area contributed by atoms with Gasteiger partial charge in [0.05, 0.1) is 0 Å². The fourth-order valence-corrected chi connectivity index (χ4v) is 9.75. The predicted octanol–water partition coefficient (Wildman–Crippen LogP) is 15.0. The van der Waals surface area contributed by atoms with Crippen molar-refractivity contribution in [2.75, 3.05) is 4.90 Å². The zero-order valence-electron chi connectivity index (χ0n) is 32.1. The summed E-state index contributed by atoms with van der Waals surface area (Å²) >= 11 is 0. The van der Waals surface area contributed by atoms with Gasteiger partial charge in [0.1, 0.15) is 11.2 Å². The molecule has 1 heterocycles. The number of anilines is 3. The second-order valence-electron chi connectivity index (χ2n) is 16.5. The van der Waals surface area contributed by atoms with Crippen molar-refractivity contribution in [2.24, 2.45) is 0 Å². The Morgan fingerprint density at radius 2 is 0.929 bits per heavy atom. The highest BCUT2D eigenvalue weighted by atomic mass is 16.3. The molecule has 0 aliphatic heterocycles.